The zero-order valence-corrected chi connectivity index (χ0v) is 15.5. The molecule has 2 aromatic carbocycles. The van der Waals surface area contributed by atoms with Crippen LogP contribution in [0.25, 0.3) is 10.8 Å². The zero-order chi connectivity index (χ0) is 17.8. The summed E-state index contributed by atoms with van der Waals surface area (Å²) >= 11 is 0. The van der Waals surface area contributed by atoms with Crippen LogP contribution in [0.2, 0.25) is 0 Å². The molecular weight excluding hydrogens is 312 g/mol. The van der Waals surface area contributed by atoms with Gasteiger partial charge in [-0.15, -0.1) is 0 Å². The minimum atomic E-state index is -0.375. The Morgan fingerprint density at radius 2 is 1.80 bits per heavy atom. The number of benzene rings is 2. The number of ether oxygens (including phenoxy) is 1. The van der Waals surface area contributed by atoms with Gasteiger partial charge in [-0.2, -0.15) is 0 Å². The average molecular weight is 342 g/mol. The van der Waals surface area contributed by atoms with E-state index in [9.17, 15) is 5.11 Å². The summed E-state index contributed by atoms with van der Waals surface area (Å²) in [6.45, 7) is 9.40. The van der Waals surface area contributed by atoms with Crippen LogP contribution < -0.4 is 5.32 Å². The predicted molar refractivity (Wildman–Crippen MR) is 103 cm³/mol. The normalized spacial score (nSPS) is 24.3. The van der Waals surface area contributed by atoms with Gasteiger partial charge in [-0.25, -0.2) is 0 Å². The Morgan fingerprint density at radius 3 is 2.52 bits per heavy atom. The highest BCUT2D eigenvalue weighted by Gasteiger charge is 2.23. The van der Waals surface area contributed by atoms with Gasteiger partial charge in [0.25, 0.3) is 0 Å². The first-order chi connectivity index (χ1) is 12.0. The largest absolute Gasteiger partial charge is 0.390 e. The molecule has 0 radical (unpaired) electrons. The van der Waals surface area contributed by atoms with E-state index in [0.717, 1.165) is 13.1 Å². The summed E-state index contributed by atoms with van der Waals surface area (Å²) in [6, 6.07) is 15.2. The number of aliphatic hydroxyl groups is 1. The van der Waals surface area contributed by atoms with Crippen molar-refractivity contribution in [1.82, 2.24) is 10.2 Å². The second kappa shape index (κ2) is 8.28. The number of rotatable bonds is 6. The van der Waals surface area contributed by atoms with Crippen LogP contribution in [-0.4, -0.2) is 54.5 Å². The predicted octanol–water partition coefficient (Wildman–Crippen LogP) is 2.96. The first-order valence-corrected chi connectivity index (χ1v) is 9.29. The Kier molecular flexibility index (Phi) is 6.07. The summed E-state index contributed by atoms with van der Waals surface area (Å²) in [6.07, 6.45) is 0.0984. The van der Waals surface area contributed by atoms with E-state index in [1.165, 1.54) is 16.3 Å². The van der Waals surface area contributed by atoms with Crippen molar-refractivity contribution in [3.63, 3.8) is 0 Å². The minimum absolute atomic E-state index is 0.210. The molecule has 0 bridgehead atoms. The SMILES string of the molecule is CC1CN(CC(O)CNC(C)c2ccc3ccccc3c2)CC(C)O1. The van der Waals surface area contributed by atoms with E-state index in [1.54, 1.807) is 0 Å². The minimum Gasteiger partial charge on any atom is -0.390 e. The zero-order valence-electron chi connectivity index (χ0n) is 15.5. The number of β-amino-alcohol motifs (C(OH)–C–C–N with tert-alkyl or cyclic N) is 1. The molecule has 136 valence electrons. The molecule has 25 heavy (non-hydrogen) atoms. The Hall–Kier alpha value is -1.46. The van der Waals surface area contributed by atoms with Gasteiger partial charge < -0.3 is 15.2 Å². The van der Waals surface area contributed by atoms with Gasteiger partial charge in [0.05, 0.1) is 18.3 Å². The molecule has 1 aliphatic heterocycles. The fraction of sp³-hybridized carbons (Fsp3) is 0.524. The number of hydrogen-bond acceptors (Lipinski definition) is 4. The van der Waals surface area contributed by atoms with Crippen molar-refractivity contribution in [2.75, 3.05) is 26.2 Å². The van der Waals surface area contributed by atoms with Crippen LogP contribution in [0.1, 0.15) is 32.4 Å². The Bertz CT molecular complexity index is 680. The molecule has 4 atom stereocenters. The van der Waals surface area contributed by atoms with Crippen LogP contribution in [0.3, 0.4) is 0 Å². The molecule has 1 saturated heterocycles. The quantitative estimate of drug-likeness (QED) is 0.847. The van der Waals surface area contributed by atoms with E-state index < -0.39 is 0 Å². The number of fused-ring (bicyclic) bond motifs is 1. The van der Waals surface area contributed by atoms with Gasteiger partial charge in [0, 0.05) is 32.2 Å². The lowest BCUT2D eigenvalue weighted by Crippen LogP contribution is -2.49. The smallest absolute Gasteiger partial charge is 0.0791 e. The first-order valence-electron chi connectivity index (χ1n) is 9.29. The summed E-state index contributed by atoms with van der Waals surface area (Å²) in [5, 5.41) is 16.4. The van der Waals surface area contributed by atoms with Crippen molar-refractivity contribution in [3.8, 4) is 0 Å². The van der Waals surface area contributed by atoms with E-state index in [2.05, 4.69) is 73.5 Å². The summed E-state index contributed by atoms with van der Waals surface area (Å²) in [7, 11) is 0. The Morgan fingerprint density at radius 1 is 1.12 bits per heavy atom. The molecule has 4 nitrogen and oxygen atoms in total. The van der Waals surface area contributed by atoms with E-state index in [1.807, 2.05) is 0 Å². The first kappa shape index (κ1) is 18.3. The van der Waals surface area contributed by atoms with Crippen LogP contribution >= 0.6 is 0 Å². The van der Waals surface area contributed by atoms with Gasteiger partial charge in [-0.3, -0.25) is 4.90 Å². The third-order valence-corrected chi connectivity index (χ3v) is 4.90. The summed E-state index contributed by atoms with van der Waals surface area (Å²) < 4.78 is 5.75. The monoisotopic (exact) mass is 342 g/mol. The molecule has 1 fully saturated rings. The molecule has 1 aliphatic rings. The number of nitrogens with zero attached hydrogens (tertiary/aromatic N) is 1. The van der Waals surface area contributed by atoms with Gasteiger partial charge in [0.15, 0.2) is 0 Å². The summed E-state index contributed by atoms with van der Waals surface area (Å²) in [5.41, 5.74) is 1.25. The lowest BCUT2D eigenvalue weighted by atomic mass is 10.0. The molecular formula is C21H30N2O2. The van der Waals surface area contributed by atoms with E-state index in [4.69, 9.17) is 4.74 Å². The molecule has 3 rings (SSSR count). The third-order valence-electron chi connectivity index (χ3n) is 4.90. The van der Waals surface area contributed by atoms with Crippen molar-refractivity contribution in [3.05, 3.63) is 48.0 Å². The fourth-order valence-corrected chi connectivity index (χ4v) is 3.70. The third kappa shape index (κ3) is 5.02. The summed E-state index contributed by atoms with van der Waals surface area (Å²) in [4.78, 5) is 2.30. The molecule has 0 spiro atoms. The van der Waals surface area contributed by atoms with Crippen molar-refractivity contribution in [1.29, 1.82) is 0 Å². The maximum Gasteiger partial charge on any atom is 0.0791 e. The molecule has 2 aromatic rings. The molecule has 4 heteroatoms. The highest BCUT2D eigenvalue weighted by molar-refractivity contribution is 5.83. The van der Waals surface area contributed by atoms with Crippen LogP contribution in [0, 0.1) is 0 Å². The lowest BCUT2D eigenvalue weighted by Gasteiger charge is -2.36. The highest BCUT2D eigenvalue weighted by Crippen LogP contribution is 2.20. The number of morpholine rings is 1. The van der Waals surface area contributed by atoms with Crippen molar-refractivity contribution in [2.45, 2.75) is 45.1 Å². The van der Waals surface area contributed by atoms with Gasteiger partial charge in [0.2, 0.25) is 0 Å². The van der Waals surface area contributed by atoms with Crippen LogP contribution in [-0.2, 0) is 4.74 Å². The highest BCUT2D eigenvalue weighted by atomic mass is 16.5. The van der Waals surface area contributed by atoms with Crippen LogP contribution in [0.5, 0.6) is 0 Å². The van der Waals surface area contributed by atoms with Crippen LogP contribution in [0.15, 0.2) is 42.5 Å². The second-order valence-corrected chi connectivity index (χ2v) is 7.37. The molecule has 2 N–H and O–H groups in total. The van der Waals surface area contributed by atoms with E-state index in [-0.39, 0.29) is 24.4 Å². The summed E-state index contributed by atoms with van der Waals surface area (Å²) in [5.74, 6) is 0. The van der Waals surface area contributed by atoms with Gasteiger partial charge >= 0.3 is 0 Å². The molecule has 0 aromatic heterocycles. The maximum absolute atomic E-state index is 10.4. The molecule has 1 heterocycles. The molecule has 0 amide bonds. The topological polar surface area (TPSA) is 44.7 Å². The van der Waals surface area contributed by atoms with E-state index in [0.29, 0.717) is 13.1 Å². The van der Waals surface area contributed by atoms with Gasteiger partial charge in [-0.1, -0.05) is 36.4 Å². The van der Waals surface area contributed by atoms with Crippen molar-refractivity contribution < 1.29 is 9.84 Å². The van der Waals surface area contributed by atoms with Crippen LogP contribution in [0.4, 0.5) is 0 Å². The average Bonchev–Trinajstić information content (AvgIpc) is 2.58. The standard InChI is InChI=1S/C21H30N2O2/c1-15-12-23(13-16(2)25-15)14-21(24)11-22-17(3)19-9-8-18-6-4-5-7-20(18)10-19/h4-10,15-17,21-22,24H,11-14H2,1-3H3. The van der Waals surface area contributed by atoms with E-state index >= 15 is 0 Å². The maximum atomic E-state index is 10.4. The van der Waals surface area contributed by atoms with Crippen molar-refractivity contribution in [2.24, 2.45) is 0 Å². The van der Waals surface area contributed by atoms with Gasteiger partial charge in [0.1, 0.15) is 0 Å². The fourth-order valence-electron chi connectivity index (χ4n) is 3.70. The number of nitrogens with one attached hydrogen (secondary N) is 1. The molecule has 0 saturated carbocycles. The van der Waals surface area contributed by atoms with Gasteiger partial charge in [-0.05, 0) is 43.2 Å². The molecule has 0 aliphatic carbocycles. The Labute approximate surface area is 150 Å². The van der Waals surface area contributed by atoms with Crippen molar-refractivity contribution >= 4 is 10.8 Å². The number of aliphatic hydroxyl groups excluding tert-OH is 1. The second-order valence-electron chi connectivity index (χ2n) is 7.37. The lowest BCUT2D eigenvalue weighted by molar-refractivity contribution is -0.0762. The molecule has 4 unspecified atom stereocenters. The number of hydrogen-bond donors (Lipinski definition) is 2. The Balaban J connectivity index is 1.51.